The highest BCUT2D eigenvalue weighted by molar-refractivity contribution is 7.48. The fourth-order valence-corrected chi connectivity index (χ4v) is 4.41. The summed E-state index contributed by atoms with van der Waals surface area (Å²) in [5, 5.41) is 0. The van der Waals surface area contributed by atoms with Crippen molar-refractivity contribution >= 4 is 44.0 Å². The number of alkyl halides is 1. The molecular weight excluding hydrogens is 654 g/mol. The van der Waals surface area contributed by atoms with E-state index >= 15 is 4.39 Å². The van der Waals surface area contributed by atoms with Crippen molar-refractivity contribution in [2.24, 2.45) is 0 Å². The molecule has 0 N–H and O–H groups in total. The lowest BCUT2D eigenvalue weighted by atomic mass is 9.95. The number of esters is 4. The molecular formula is C25H38FO19P. The van der Waals surface area contributed by atoms with E-state index in [9.17, 15) is 33.3 Å². The second-order valence-electron chi connectivity index (χ2n) is 9.68. The molecule has 264 valence electrons. The molecule has 0 saturated carbocycles. The van der Waals surface area contributed by atoms with Gasteiger partial charge in [0, 0.05) is 27.7 Å². The SMILES string of the molecule is CC(=O)OC[C@H](F)C1OC(OP(=O)(OCOC(=O)OC(C)C)OCOC(=O)OC(C)C)C(OC(C)=O)C(OC(C)=O)C1OC(C)=O. The maximum absolute atomic E-state index is 15.5. The molecule has 1 aliphatic rings. The predicted molar refractivity (Wildman–Crippen MR) is 143 cm³/mol. The van der Waals surface area contributed by atoms with Gasteiger partial charge in [0.15, 0.2) is 24.5 Å². The van der Waals surface area contributed by atoms with Crippen LogP contribution in [-0.2, 0) is 79.9 Å². The number of phosphoric acid groups is 1. The third-order valence-corrected chi connectivity index (χ3v) is 6.22. The van der Waals surface area contributed by atoms with Gasteiger partial charge in [-0.1, -0.05) is 0 Å². The average Bonchev–Trinajstić information content (AvgIpc) is 2.88. The van der Waals surface area contributed by atoms with E-state index in [-0.39, 0.29) is 0 Å². The summed E-state index contributed by atoms with van der Waals surface area (Å²) in [5.74, 6) is -4.03. The second kappa shape index (κ2) is 19.2. The van der Waals surface area contributed by atoms with Gasteiger partial charge in [0.1, 0.15) is 12.7 Å². The molecule has 0 bridgehead atoms. The number of carbonyl (C=O) groups excluding carboxylic acids is 6. The molecule has 1 aliphatic heterocycles. The quantitative estimate of drug-likeness (QED) is 0.0979. The maximum atomic E-state index is 15.5. The highest BCUT2D eigenvalue weighted by Gasteiger charge is 2.57. The van der Waals surface area contributed by atoms with Gasteiger partial charge < -0.3 is 42.6 Å². The molecule has 0 radical (unpaired) electrons. The minimum Gasteiger partial charge on any atom is -0.463 e. The van der Waals surface area contributed by atoms with Crippen LogP contribution in [0.5, 0.6) is 0 Å². The molecule has 0 aromatic heterocycles. The van der Waals surface area contributed by atoms with Crippen molar-refractivity contribution in [3.8, 4) is 0 Å². The third-order valence-electron chi connectivity index (χ3n) is 4.91. The Morgan fingerprint density at radius 3 is 1.52 bits per heavy atom. The van der Waals surface area contributed by atoms with E-state index in [1.54, 1.807) is 0 Å². The Morgan fingerprint density at radius 1 is 0.674 bits per heavy atom. The van der Waals surface area contributed by atoms with Gasteiger partial charge in [0.25, 0.3) is 0 Å². The summed E-state index contributed by atoms with van der Waals surface area (Å²) < 4.78 is 88.9. The van der Waals surface area contributed by atoms with Gasteiger partial charge in [0.05, 0.1) is 12.2 Å². The number of phosphoric ester groups is 1. The van der Waals surface area contributed by atoms with E-state index in [4.69, 9.17) is 42.0 Å². The molecule has 0 aliphatic carbocycles. The van der Waals surface area contributed by atoms with Crippen molar-refractivity contribution in [1.82, 2.24) is 0 Å². The lowest BCUT2D eigenvalue weighted by Crippen LogP contribution is -2.64. The Morgan fingerprint density at radius 2 is 1.11 bits per heavy atom. The molecule has 21 heteroatoms. The van der Waals surface area contributed by atoms with Crippen LogP contribution >= 0.6 is 7.82 Å². The van der Waals surface area contributed by atoms with Gasteiger partial charge in [-0.15, -0.1) is 0 Å². The van der Waals surface area contributed by atoms with Crippen LogP contribution in [0.2, 0.25) is 0 Å². The molecule has 5 unspecified atom stereocenters. The van der Waals surface area contributed by atoms with Crippen LogP contribution in [0, 0.1) is 0 Å². The molecule has 1 rings (SSSR count). The number of hydrogen-bond acceptors (Lipinski definition) is 19. The number of carbonyl (C=O) groups is 6. The monoisotopic (exact) mass is 692 g/mol. The molecule has 0 aromatic rings. The van der Waals surface area contributed by atoms with Gasteiger partial charge >= 0.3 is 44.0 Å². The number of hydrogen-bond donors (Lipinski definition) is 0. The molecule has 6 atom stereocenters. The molecule has 0 amide bonds. The summed E-state index contributed by atoms with van der Waals surface area (Å²) in [6.07, 6.45) is -16.1. The largest absolute Gasteiger partial charge is 0.510 e. The summed E-state index contributed by atoms with van der Waals surface area (Å²) in [7, 11) is -5.18. The first kappa shape index (κ1) is 40.4. The van der Waals surface area contributed by atoms with E-state index in [0.29, 0.717) is 0 Å². The zero-order chi connectivity index (χ0) is 35.2. The normalized spacial score (nSPS) is 21.8. The fourth-order valence-electron chi connectivity index (χ4n) is 3.43. The van der Waals surface area contributed by atoms with Crippen molar-refractivity contribution in [1.29, 1.82) is 0 Å². The lowest BCUT2D eigenvalue weighted by molar-refractivity contribution is -0.297. The number of ether oxygens (including phenoxy) is 9. The molecule has 1 fully saturated rings. The Labute approximate surface area is 263 Å². The zero-order valence-electron chi connectivity index (χ0n) is 26.3. The first-order valence-corrected chi connectivity index (χ1v) is 15.0. The van der Waals surface area contributed by atoms with Crippen LogP contribution in [0.15, 0.2) is 0 Å². The highest BCUT2D eigenvalue weighted by Crippen LogP contribution is 2.52. The first-order valence-electron chi connectivity index (χ1n) is 13.5. The van der Waals surface area contributed by atoms with Gasteiger partial charge in [-0.05, 0) is 27.7 Å². The average molecular weight is 693 g/mol. The topological polar surface area (TPSA) is 230 Å². The van der Waals surface area contributed by atoms with Crippen LogP contribution in [0.4, 0.5) is 14.0 Å². The summed E-state index contributed by atoms with van der Waals surface area (Å²) in [6.45, 7) is 6.41. The molecule has 1 saturated heterocycles. The minimum atomic E-state index is -5.18. The summed E-state index contributed by atoms with van der Waals surface area (Å²) >= 11 is 0. The smallest absolute Gasteiger partial charge is 0.463 e. The predicted octanol–water partition coefficient (Wildman–Crippen LogP) is 2.60. The standard InChI is InChI=1S/C25H38FO19P/c1-12(2)39-24(31)35-10-37-46(33,38-11-36-25(32)40-13(3)4)45-23-22(43-17(8)30)21(42-16(7)29)20(41-15(6)28)19(44-23)18(26)9-34-14(5)27/h12-13,18-23H,9-11H2,1-8H3/t18-,19?,20?,21?,22?,23?/m0/s1. The minimum absolute atomic E-state index is 0.617. The molecule has 1 heterocycles. The van der Waals surface area contributed by atoms with Crippen molar-refractivity contribution in [2.75, 3.05) is 20.2 Å². The van der Waals surface area contributed by atoms with Crippen LogP contribution in [-0.4, -0.2) is 105 Å². The van der Waals surface area contributed by atoms with Crippen molar-refractivity contribution < 1.29 is 93.9 Å². The molecule has 46 heavy (non-hydrogen) atoms. The Hall–Kier alpha value is -3.58. The molecule has 19 nitrogen and oxygen atoms in total. The Kier molecular flexibility index (Phi) is 16.9. The molecule has 0 aromatic carbocycles. The van der Waals surface area contributed by atoms with Gasteiger partial charge in [0.2, 0.25) is 19.9 Å². The van der Waals surface area contributed by atoms with Crippen LogP contribution in [0.25, 0.3) is 0 Å². The van der Waals surface area contributed by atoms with Crippen molar-refractivity contribution in [3.05, 3.63) is 0 Å². The van der Waals surface area contributed by atoms with Crippen LogP contribution < -0.4 is 0 Å². The Bertz CT molecular complexity index is 1080. The van der Waals surface area contributed by atoms with Gasteiger partial charge in [-0.2, -0.15) is 0 Å². The van der Waals surface area contributed by atoms with Gasteiger partial charge in [-0.3, -0.25) is 23.7 Å². The van der Waals surface area contributed by atoms with E-state index < -0.39 is 113 Å². The van der Waals surface area contributed by atoms with E-state index in [1.165, 1.54) is 27.7 Å². The maximum Gasteiger partial charge on any atom is 0.510 e. The first-order chi connectivity index (χ1) is 21.3. The van der Waals surface area contributed by atoms with Crippen molar-refractivity contribution in [3.63, 3.8) is 0 Å². The number of halogens is 1. The number of rotatable bonds is 16. The van der Waals surface area contributed by atoms with E-state index in [1.807, 2.05) is 0 Å². The van der Waals surface area contributed by atoms with Crippen LogP contribution in [0.3, 0.4) is 0 Å². The summed E-state index contributed by atoms with van der Waals surface area (Å²) in [6, 6.07) is 0. The summed E-state index contributed by atoms with van der Waals surface area (Å²) in [4.78, 5) is 70.9. The molecule has 0 spiro atoms. The Balaban J connectivity index is 3.52. The fraction of sp³-hybridized carbons (Fsp3) is 0.760. The third kappa shape index (κ3) is 15.1. The summed E-state index contributed by atoms with van der Waals surface area (Å²) in [5.41, 5.74) is 0. The van der Waals surface area contributed by atoms with E-state index in [0.717, 1.165) is 27.7 Å². The lowest BCUT2D eigenvalue weighted by Gasteiger charge is -2.45. The van der Waals surface area contributed by atoms with Crippen molar-refractivity contribution in [2.45, 2.75) is 104 Å². The zero-order valence-corrected chi connectivity index (χ0v) is 27.2. The van der Waals surface area contributed by atoms with Gasteiger partial charge in [-0.25, -0.2) is 27.6 Å². The second-order valence-corrected chi connectivity index (χ2v) is 11.3. The van der Waals surface area contributed by atoms with Crippen LogP contribution in [0.1, 0.15) is 55.4 Å². The van der Waals surface area contributed by atoms with E-state index in [2.05, 4.69) is 14.2 Å². The highest BCUT2D eigenvalue weighted by atomic mass is 31.2.